The van der Waals surface area contributed by atoms with Gasteiger partial charge in [-0.3, -0.25) is 4.98 Å². The van der Waals surface area contributed by atoms with E-state index >= 15 is 0 Å². The second kappa shape index (κ2) is 7.45. The lowest BCUT2D eigenvalue weighted by Gasteiger charge is -2.36. The maximum Gasteiger partial charge on any atom is 0.321 e. The van der Waals surface area contributed by atoms with Crippen LogP contribution in [0, 0.1) is 0 Å². The Labute approximate surface area is 156 Å². The number of nitrogens with zero attached hydrogens (tertiary/aromatic N) is 4. The summed E-state index contributed by atoms with van der Waals surface area (Å²) < 4.78 is 10.9. The number of carbonyl (C=O) groups is 1. The molecule has 2 amide bonds. The molecule has 0 spiro atoms. The number of para-hydroxylation sites is 2. The third-order valence-electron chi connectivity index (χ3n) is 4.31. The molecule has 3 aromatic rings. The summed E-state index contributed by atoms with van der Waals surface area (Å²) >= 11 is 0. The third kappa shape index (κ3) is 3.59. The molecule has 0 aliphatic carbocycles. The summed E-state index contributed by atoms with van der Waals surface area (Å²) in [7, 11) is 0. The zero-order valence-corrected chi connectivity index (χ0v) is 14.8. The number of pyridine rings is 1. The van der Waals surface area contributed by atoms with Gasteiger partial charge in [0, 0.05) is 31.0 Å². The Kier molecular flexibility index (Phi) is 4.69. The van der Waals surface area contributed by atoms with Gasteiger partial charge >= 0.3 is 6.03 Å². The fraction of sp³-hybridized carbons (Fsp3) is 0.263. The molecular formula is C19H19N5O3. The summed E-state index contributed by atoms with van der Waals surface area (Å²) in [6, 6.07) is 10.9. The Hall–Kier alpha value is -3.42. The number of benzene rings is 1. The first-order valence-corrected chi connectivity index (χ1v) is 8.76. The molecule has 1 saturated heterocycles. The van der Waals surface area contributed by atoms with Crippen LogP contribution in [-0.4, -0.2) is 45.8 Å². The van der Waals surface area contributed by atoms with Gasteiger partial charge in [0.2, 0.25) is 11.7 Å². The Balaban J connectivity index is 1.36. The van der Waals surface area contributed by atoms with Crippen molar-refractivity contribution in [2.75, 3.05) is 25.0 Å². The summed E-state index contributed by atoms with van der Waals surface area (Å²) in [5.41, 5.74) is 1.46. The van der Waals surface area contributed by atoms with Gasteiger partial charge in [0.1, 0.15) is 5.75 Å². The van der Waals surface area contributed by atoms with E-state index in [-0.39, 0.29) is 11.9 Å². The number of aromatic nitrogens is 3. The van der Waals surface area contributed by atoms with Gasteiger partial charge < -0.3 is 19.5 Å². The highest BCUT2D eigenvalue weighted by atomic mass is 16.5. The zero-order chi connectivity index (χ0) is 18.6. The van der Waals surface area contributed by atoms with Gasteiger partial charge in [-0.1, -0.05) is 17.3 Å². The second-order valence-corrected chi connectivity index (χ2v) is 6.16. The van der Waals surface area contributed by atoms with Crippen LogP contribution in [0.25, 0.3) is 11.4 Å². The fourth-order valence-electron chi connectivity index (χ4n) is 2.86. The number of nitrogens with one attached hydrogen (secondary N) is 1. The molecule has 27 heavy (non-hydrogen) atoms. The minimum absolute atomic E-state index is 0.0378. The monoisotopic (exact) mass is 365 g/mol. The largest absolute Gasteiger partial charge is 0.492 e. The van der Waals surface area contributed by atoms with E-state index in [2.05, 4.69) is 20.4 Å². The van der Waals surface area contributed by atoms with Crippen LogP contribution in [-0.2, 0) is 0 Å². The molecule has 0 atom stereocenters. The minimum Gasteiger partial charge on any atom is -0.492 e. The minimum atomic E-state index is -0.176. The molecule has 8 nitrogen and oxygen atoms in total. The molecule has 2 aromatic heterocycles. The Morgan fingerprint density at radius 2 is 2.15 bits per heavy atom. The van der Waals surface area contributed by atoms with Crippen LogP contribution in [0.15, 0.2) is 53.3 Å². The molecule has 8 heteroatoms. The number of amides is 2. The predicted octanol–water partition coefficient (Wildman–Crippen LogP) is 3.16. The number of likely N-dealkylation sites (tertiary alicyclic amines) is 1. The van der Waals surface area contributed by atoms with Crippen LogP contribution < -0.4 is 10.1 Å². The van der Waals surface area contributed by atoms with E-state index in [0.29, 0.717) is 42.8 Å². The van der Waals surface area contributed by atoms with Crippen LogP contribution >= 0.6 is 0 Å². The van der Waals surface area contributed by atoms with Gasteiger partial charge in [0.25, 0.3) is 0 Å². The van der Waals surface area contributed by atoms with E-state index in [9.17, 15) is 4.79 Å². The lowest BCUT2D eigenvalue weighted by Crippen LogP contribution is -2.50. The highest BCUT2D eigenvalue weighted by Gasteiger charge is 2.36. The molecule has 1 fully saturated rings. The van der Waals surface area contributed by atoms with Crippen LogP contribution in [0.2, 0.25) is 0 Å². The van der Waals surface area contributed by atoms with Crippen LogP contribution in [0.5, 0.6) is 5.75 Å². The Bertz CT molecular complexity index is 922. The normalized spacial score (nSPS) is 13.9. The molecule has 1 aliphatic rings. The first kappa shape index (κ1) is 17.0. The van der Waals surface area contributed by atoms with E-state index in [1.807, 2.05) is 43.3 Å². The van der Waals surface area contributed by atoms with E-state index < -0.39 is 0 Å². The molecule has 3 heterocycles. The van der Waals surface area contributed by atoms with Crippen molar-refractivity contribution in [1.29, 1.82) is 0 Å². The van der Waals surface area contributed by atoms with Crippen molar-refractivity contribution in [3.63, 3.8) is 0 Å². The summed E-state index contributed by atoms with van der Waals surface area (Å²) in [5.74, 6) is 1.73. The third-order valence-corrected chi connectivity index (χ3v) is 4.31. The van der Waals surface area contributed by atoms with Gasteiger partial charge in [-0.25, -0.2) is 4.79 Å². The average Bonchev–Trinajstić information content (AvgIpc) is 3.13. The SMILES string of the molecule is CCOc1ccccc1NC(=O)N1CC(c2nc(-c3cccnc3)no2)C1. The molecule has 1 N–H and O–H groups in total. The van der Waals surface area contributed by atoms with Crippen molar-refractivity contribution in [3.05, 3.63) is 54.7 Å². The standard InChI is InChI=1S/C19H19N5O3/c1-2-26-16-8-4-3-7-15(16)21-19(25)24-11-14(12-24)18-22-17(23-27-18)13-6-5-9-20-10-13/h3-10,14H,2,11-12H2,1H3,(H,21,25). The van der Waals surface area contributed by atoms with Crippen LogP contribution in [0.4, 0.5) is 10.5 Å². The van der Waals surface area contributed by atoms with Crippen molar-refractivity contribution < 1.29 is 14.1 Å². The maximum atomic E-state index is 12.4. The molecule has 0 radical (unpaired) electrons. The topological polar surface area (TPSA) is 93.4 Å². The number of hydrogen-bond donors (Lipinski definition) is 1. The summed E-state index contributed by atoms with van der Waals surface area (Å²) in [4.78, 5) is 22.6. The summed E-state index contributed by atoms with van der Waals surface area (Å²) in [5, 5.41) is 6.88. The Morgan fingerprint density at radius 3 is 2.93 bits per heavy atom. The first-order chi connectivity index (χ1) is 13.2. The average molecular weight is 365 g/mol. The van der Waals surface area contributed by atoms with Gasteiger partial charge in [0.15, 0.2) is 0 Å². The molecule has 4 rings (SSSR count). The van der Waals surface area contributed by atoms with Gasteiger partial charge in [-0.15, -0.1) is 0 Å². The van der Waals surface area contributed by atoms with Crippen molar-refractivity contribution in [2.24, 2.45) is 0 Å². The number of urea groups is 1. The van der Waals surface area contributed by atoms with Crippen LogP contribution in [0.3, 0.4) is 0 Å². The number of rotatable bonds is 5. The molecule has 0 unspecified atom stereocenters. The first-order valence-electron chi connectivity index (χ1n) is 8.76. The fourth-order valence-corrected chi connectivity index (χ4v) is 2.86. The lowest BCUT2D eigenvalue weighted by molar-refractivity contribution is 0.147. The van der Waals surface area contributed by atoms with E-state index in [4.69, 9.17) is 9.26 Å². The van der Waals surface area contributed by atoms with E-state index in [1.165, 1.54) is 0 Å². The number of anilines is 1. The van der Waals surface area contributed by atoms with Crippen molar-refractivity contribution in [1.82, 2.24) is 20.0 Å². The van der Waals surface area contributed by atoms with Crippen molar-refractivity contribution in [3.8, 4) is 17.1 Å². The van der Waals surface area contributed by atoms with Crippen molar-refractivity contribution >= 4 is 11.7 Å². The zero-order valence-electron chi connectivity index (χ0n) is 14.8. The molecule has 1 aromatic carbocycles. The molecule has 0 saturated carbocycles. The lowest BCUT2D eigenvalue weighted by atomic mass is 10.0. The van der Waals surface area contributed by atoms with Gasteiger partial charge in [-0.05, 0) is 31.2 Å². The van der Waals surface area contributed by atoms with E-state index in [0.717, 1.165) is 5.56 Å². The number of ether oxygens (including phenoxy) is 1. The predicted molar refractivity (Wildman–Crippen MR) is 98.5 cm³/mol. The molecule has 1 aliphatic heterocycles. The summed E-state index contributed by atoms with van der Waals surface area (Å²) in [6.07, 6.45) is 3.38. The molecular weight excluding hydrogens is 346 g/mol. The highest BCUT2D eigenvalue weighted by Crippen LogP contribution is 2.29. The number of carbonyl (C=O) groups excluding carboxylic acids is 1. The second-order valence-electron chi connectivity index (χ2n) is 6.16. The van der Waals surface area contributed by atoms with Crippen LogP contribution in [0.1, 0.15) is 18.7 Å². The smallest absolute Gasteiger partial charge is 0.321 e. The van der Waals surface area contributed by atoms with Crippen molar-refractivity contribution in [2.45, 2.75) is 12.8 Å². The van der Waals surface area contributed by atoms with Gasteiger partial charge in [0.05, 0.1) is 18.2 Å². The van der Waals surface area contributed by atoms with Gasteiger partial charge in [-0.2, -0.15) is 4.98 Å². The highest BCUT2D eigenvalue weighted by molar-refractivity contribution is 5.91. The molecule has 138 valence electrons. The Morgan fingerprint density at radius 1 is 1.30 bits per heavy atom. The van der Waals surface area contributed by atoms with E-state index in [1.54, 1.807) is 17.3 Å². The number of hydrogen-bond acceptors (Lipinski definition) is 6. The molecule has 0 bridgehead atoms. The quantitative estimate of drug-likeness (QED) is 0.746. The maximum absolute atomic E-state index is 12.4. The summed E-state index contributed by atoms with van der Waals surface area (Å²) in [6.45, 7) is 3.49.